The van der Waals surface area contributed by atoms with Crippen LogP contribution in [0.4, 0.5) is 0 Å². The number of halogens is 1. The summed E-state index contributed by atoms with van der Waals surface area (Å²) >= 11 is 7.40. The molecule has 0 spiro atoms. The smallest absolute Gasteiger partial charge is 0.261 e. The van der Waals surface area contributed by atoms with E-state index in [0.717, 1.165) is 10.7 Å². The minimum atomic E-state index is -0.109. The van der Waals surface area contributed by atoms with E-state index >= 15 is 0 Å². The summed E-state index contributed by atoms with van der Waals surface area (Å²) < 4.78 is 3.55. The third-order valence-electron chi connectivity index (χ3n) is 3.74. The van der Waals surface area contributed by atoms with Crippen molar-refractivity contribution >= 4 is 23.4 Å². The van der Waals surface area contributed by atoms with Crippen molar-refractivity contribution in [1.82, 2.24) is 19.3 Å². The highest BCUT2D eigenvalue weighted by Gasteiger charge is 2.16. The first-order valence-corrected chi connectivity index (χ1v) is 9.26. The highest BCUT2D eigenvalue weighted by atomic mass is 35.5. The number of hydrogen-bond donors (Lipinski definition) is 0. The second-order valence-electron chi connectivity index (χ2n) is 5.39. The van der Waals surface area contributed by atoms with Gasteiger partial charge in [-0.05, 0) is 36.1 Å². The molecule has 2 heterocycles. The maximum atomic E-state index is 12.9. The number of hydrogen-bond acceptors (Lipinski definition) is 4. The Balaban J connectivity index is 2.02. The highest BCUT2D eigenvalue weighted by molar-refractivity contribution is 7.98. The molecular weight excluding hydrogens is 356 g/mol. The molecular formula is C18H17ClN4OS. The van der Waals surface area contributed by atoms with E-state index in [0.29, 0.717) is 29.5 Å². The quantitative estimate of drug-likeness (QED) is 0.489. The molecule has 0 bridgehead atoms. The van der Waals surface area contributed by atoms with Crippen LogP contribution in [0.1, 0.15) is 5.56 Å². The molecule has 0 atom stereocenters. The molecule has 0 amide bonds. The molecule has 3 rings (SSSR count). The van der Waals surface area contributed by atoms with Gasteiger partial charge in [0, 0.05) is 17.8 Å². The van der Waals surface area contributed by atoms with Crippen LogP contribution in [0, 0.1) is 0 Å². The first-order valence-electron chi connectivity index (χ1n) is 7.66. The van der Waals surface area contributed by atoms with Gasteiger partial charge in [0.1, 0.15) is 0 Å². The van der Waals surface area contributed by atoms with Crippen LogP contribution >= 0.6 is 23.4 Å². The van der Waals surface area contributed by atoms with Crippen molar-refractivity contribution in [2.24, 2.45) is 0 Å². The van der Waals surface area contributed by atoms with Crippen LogP contribution in [0.2, 0.25) is 5.02 Å². The number of thioether (sulfide) groups is 1. The van der Waals surface area contributed by atoms with Gasteiger partial charge in [0.05, 0.1) is 12.1 Å². The predicted molar refractivity (Wildman–Crippen MR) is 102 cm³/mol. The Morgan fingerprint density at radius 2 is 2.00 bits per heavy atom. The van der Waals surface area contributed by atoms with Crippen LogP contribution < -0.4 is 5.56 Å². The Labute approximate surface area is 155 Å². The van der Waals surface area contributed by atoms with Gasteiger partial charge in [-0.25, -0.2) is 0 Å². The van der Waals surface area contributed by atoms with Crippen molar-refractivity contribution in [2.75, 3.05) is 6.26 Å². The third kappa shape index (κ3) is 3.70. The molecule has 5 nitrogen and oxygen atoms in total. The molecule has 7 heteroatoms. The Hall–Kier alpha value is -2.31. The SMILES string of the molecule is C=CCn1c(SC)nnc1-c1cccn(Cc2ccc(Cl)cc2)c1=O. The fourth-order valence-electron chi connectivity index (χ4n) is 2.55. The minimum Gasteiger partial charge on any atom is -0.310 e. The van der Waals surface area contributed by atoms with Gasteiger partial charge in [-0.3, -0.25) is 9.36 Å². The summed E-state index contributed by atoms with van der Waals surface area (Å²) in [5, 5.41) is 9.79. The van der Waals surface area contributed by atoms with E-state index in [1.54, 1.807) is 22.9 Å². The van der Waals surface area contributed by atoms with Crippen molar-refractivity contribution in [3.63, 3.8) is 0 Å². The summed E-state index contributed by atoms with van der Waals surface area (Å²) in [4.78, 5) is 12.9. The molecule has 0 N–H and O–H groups in total. The summed E-state index contributed by atoms with van der Waals surface area (Å²) in [5.74, 6) is 0.555. The summed E-state index contributed by atoms with van der Waals surface area (Å²) in [5.41, 5.74) is 1.41. The predicted octanol–water partition coefficient (Wildman–Crippen LogP) is 3.72. The molecule has 0 unspecified atom stereocenters. The zero-order valence-corrected chi connectivity index (χ0v) is 15.3. The zero-order valence-electron chi connectivity index (χ0n) is 13.7. The van der Waals surface area contributed by atoms with E-state index in [-0.39, 0.29) is 5.56 Å². The van der Waals surface area contributed by atoms with Crippen molar-refractivity contribution in [1.29, 1.82) is 0 Å². The Bertz CT molecular complexity index is 946. The molecule has 0 fully saturated rings. The van der Waals surface area contributed by atoms with Gasteiger partial charge in [-0.1, -0.05) is 41.6 Å². The third-order valence-corrected chi connectivity index (χ3v) is 4.66. The van der Waals surface area contributed by atoms with E-state index in [1.807, 2.05) is 41.2 Å². The fraction of sp³-hybridized carbons (Fsp3) is 0.167. The van der Waals surface area contributed by atoms with Gasteiger partial charge in [-0.2, -0.15) is 0 Å². The second-order valence-corrected chi connectivity index (χ2v) is 6.60. The number of nitrogens with zero attached hydrogens (tertiary/aromatic N) is 4. The topological polar surface area (TPSA) is 52.7 Å². The van der Waals surface area contributed by atoms with E-state index in [9.17, 15) is 4.79 Å². The molecule has 2 aromatic heterocycles. The first kappa shape index (κ1) is 17.5. The van der Waals surface area contributed by atoms with Gasteiger partial charge in [0.2, 0.25) is 0 Å². The van der Waals surface area contributed by atoms with Crippen LogP contribution in [-0.2, 0) is 13.1 Å². The molecule has 0 radical (unpaired) electrons. The largest absolute Gasteiger partial charge is 0.310 e. The number of benzene rings is 1. The van der Waals surface area contributed by atoms with Crippen LogP contribution in [-0.4, -0.2) is 25.6 Å². The summed E-state index contributed by atoms with van der Waals surface area (Å²) in [6.07, 6.45) is 5.46. The maximum absolute atomic E-state index is 12.9. The Morgan fingerprint density at radius 3 is 2.68 bits per heavy atom. The minimum absolute atomic E-state index is 0.109. The Kier molecular flexibility index (Phi) is 5.40. The van der Waals surface area contributed by atoms with E-state index in [2.05, 4.69) is 16.8 Å². The normalized spacial score (nSPS) is 10.8. The Morgan fingerprint density at radius 1 is 1.24 bits per heavy atom. The molecule has 1 aromatic carbocycles. The molecule has 128 valence electrons. The molecule has 0 aliphatic heterocycles. The van der Waals surface area contributed by atoms with Gasteiger partial charge < -0.3 is 4.57 Å². The number of aromatic nitrogens is 4. The van der Waals surface area contributed by atoms with Crippen molar-refractivity contribution in [3.05, 3.63) is 76.2 Å². The molecule has 0 aliphatic rings. The molecule has 0 saturated heterocycles. The van der Waals surface area contributed by atoms with E-state index in [4.69, 9.17) is 11.6 Å². The molecule has 3 aromatic rings. The van der Waals surface area contributed by atoms with Crippen molar-refractivity contribution in [2.45, 2.75) is 18.2 Å². The molecule has 0 saturated carbocycles. The molecule has 25 heavy (non-hydrogen) atoms. The summed E-state index contributed by atoms with van der Waals surface area (Å²) in [6, 6.07) is 11.1. The summed E-state index contributed by atoms with van der Waals surface area (Å²) in [7, 11) is 0. The van der Waals surface area contributed by atoms with Crippen LogP contribution in [0.15, 0.2) is 65.2 Å². The van der Waals surface area contributed by atoms with Gasteiger partial charge in [0.25, 0.3) is 5.56 Å². The lowest BCUT2D eigenvalue weighted by atomic mass is 10.2. The maximum Gasteiger partial charge on any atom is 0.261 e. The lowest BCUT2D eigenvalue weighted by Crippen LogP contribution is -2.22. The standard InChI is InChI=1S/C18H17ClN4OS/c1-3-10-23-16(20-21-18(23)25-2)15-5-4-11-22(17(15)24)12-13-6-8-14(19)9-7-13/h3-9,11H,1,10,12H2,2H3. The number of pyridine rings is 1. The first-order chi connectivity index (χ1) is 12.1. The zero-order chi connectivity index (χ0) is 17.8. The van der Waals surface area contributed by atoms with Crippen molar-refractivity contribution < 1.29 is 0 Å². The molecule has 0 aliphatic carbocycles. The lowest BCUT2D eigenvalue weighted by molar-refractivity contribution is 0.725. The van der Waals surface area contributed by atoms with E-state index < -0.39 is 0 Å². The van der Waals surface area contributed by atoms with E-state index in [1.165, 1.54) is 11.8 Å². The monoisotopic (exact) mass is 372 g/mol. The van der Waals surface area contributed by atoms with Gasteiger partial charge in [0.15, 0.2) is 11.0 Å². The highest BCUT2D eigenvalue weighted by Crippen LogP contribution is 2.20. The van der Waals surface area contributed by atoms with Crippen LogP contribution in [0.3, 0.4) is 0 Å². The fourth-order valence-corrected chi connectivity index (χ4v) is 3.18. The van der Waals surface area contributed by atoms with Gasteiger partial charge in [-0.15, -0.1) is 16.8 Å². The van der Waals surface area contributed by atoms with Crippen molar-refractivity contribution in [3.8, 4) is 11.4 Å². The number of rotatable bonds is 6. The van der Waals surface area contributed by atoms with Crippen LogP contribution in [0.5, 0.6) is 0 Å². The number of allylic oxidation sites excluding steroid dienone is 1. The average Bonchev–Trinajstić information content (AvgIpc) is 3.02. The van der Waals surface area contributed by atoms with Gasteiger partial charge >= 0.3 is 0 Å². The summed E-state index contributed by atoms with van der Waals surface area (Å²) in [6.45, 7) is 4.78. The van der Waals surface area contributed by atoms with Crippen LogP contribution in [0.25, 0.3) is 11.4 Å². The average molecular weight is 373 g/mol. The second kappa shape index (κ2) is 7.72. The lowest BCUT2D eigenvalue weighted by Gasteiger charge is -2.10.